The standard InChI is InChI=1S/C20H23NO2/c1-15(22)23-18-13-19(16-9-5-3-6-10-16)21(2)20(14-18)17-11-7-4-8-12-17/h3-12,18-20H,13-14H2,1-2H3/t19-,20-/m1/s1. The normalized spacial score (nSPS) is 25.0. The third-order valence-corrected chi connectivity index (χ3v) is 4.66. The molecule has 1 saturated heterocycles. The van der Waals surface area contributed by atoms with Gasteiger partial charge in [0.15, 0.2) is 0 Å². The number of hydrogen-bond donors (Lipinski definition) is 0. The number of hydrogen-bond acceptors (Lipinski definition) is 3. The van der Waals surface area contributed by atoms with E-state index < -0.39 is 0 Å². The van der Waals surface area contributed by atoms with Gasteiger partial charge in [-0.3, -0.25) is 9.69 Å². The lowest BCUT2D eigenvalue weighted by Crippen LogP contribution is -2.40. The summed E-state index contributed by atoms with van der Waals surface area (Å²) in [6, 6.07) is 21.4. The first-order valence-corrected chi connectivity index (χ1v) is 8.14. The summed E-state index contributed by atoms with van der Waals surface area (Å²) in [6.45, 7) is 1.49. The number of rotatable bonds is 3. The van der Waals surface area contributed by atoms with Gasteiger partial charge in [-0.2, -0.15) is 0 Å². The molecule has 120 valence electrons. The van der Waals surface area contributed by atoms with Gasteiger partial charge in [-0.05, 0) is 18.2 Å². The van der Waals surface area contributed by atoms with Crippen LogP contribution >= 0.6 is 0 Å². The van der Waals surface area contributed by atoms with Crippen molar-refractivity contribution in [2.45, 2.75) is 38.0 Å². The molecule has 3 rings (SSSR count). The van der Waals surface area contributed by atoms with E-state index in [0.717, 1.165) is 12.8 Å². The van der Waals surface area contributed by atoms with Crippen molar-refractivity contribution >= 4 is 5.97 Å². The van der Waals surface area contributed by atoms with Crippen LogP contribution in [0.4, 0.5) is 0 Å². The van der Waals surface area contributed by atoms with Gasteiger partial charge >= 0.3 is 5.97 Å². The summed E-state index contributed by atoms with van der Waals surface area (Å²) >= 11 is 0. The van der Waals surface area contributed by atoms with Crippen molar-refractivity contribution < 1.29 is 9.53 Å². The molecular weight excluding hydrogens is 286 g/mol. The average molecular weight is 309 g/mol. The second-order valence-corrected chi connectivity index (χ2v) is 6.22. The molecule has 0 radical (unpaired) electrons. The minimum absolute atomic E-state index is 0.0425. The predicted octanol–water partition coefficient (Wildman–Crippen LogP) is 4.13. The maximum Gasteiger partial charge on any atom is 0.302 e. The van der Waals surface area contributed by atoms with E-state index >= 15 is 0 Å². The van der Waals surface area contributed by atoms with Crippen LogP contribution in [0.3, 0.4) is 0 Å². The molecule has 2 aromatic rings. The first-order chi connectivity index (χ1) is 11.1. The Morgan fingerprint density at radius 2 is 1.35 bits per heavy atom. The summed E-state index contributed by atoms with van der Waals surface area (Å²) in [5.74, 6) is -0.196. The van der Waals surface area contributed by atoms with Crippen LogP contribution in [0.25, 0.3) is 0 Å². The Kier molecular flexibility index (Phi) is 4.77. The van der Waals surface area contributed by atoms with Gasteiger partial charge in [-0.15, -0.1) is 0 Å². The number of likely N-dealkylation sites (tertiary alicyclic amines) is 1. The fourth-order valence-electron chi connectivity index (χ4n) is 3.57. The Morgan fingerprint density at radius 3 is 1.74 bits per heavy atom. The second-order valence-electron chi connectivity index (χ2n) is 6.22. The van der Waals surface area contributed by atoms with Crippen molar-refractivity contribution in [1.29, 1.82) is 0 Å². The molecule has 2 atom stereocenters. The molecule has 0 aromatic heterocycles. The molecule has 0 aliphatic carbocycles. The minimum atomic E-state index is -0.196. The molecule has 1 fully saturated rings. The van der Waals surface area contributed by atoms with Gasteiger partial charge in [0, 0.05) is 31.8 Å². The molecule has 23 heavy (non-hydrogen) atoms. The number of esters is 1. The summed E-state index contributed by atoms with van der Waals surface area (Å²) in [5.41, 5.74) is 2.54. The fraction of sp³-hybridized carbons (Fsp3) is 0.350. The largest absolute Gasteiger partial charge is 0.462 e. The van der Waals surface area contributed by atoms with E-state index in [1.807, 2.05) is 12.1 Å². The quantitative estimate of drug-likeness (QED) is 0.799. The highest BCUT2D eigenvalue weighted by atomic mass is 16.5. The van der Waals surface area contributed by atoms with Gasteiger partial charge < -0.3 is 4.74 Å². The van der Waals surface area contributed by atoms with Gasteiger partial charge in [0.2, 0.25) is 0 Å². The molecule has 0 spiro atoms. The summed E-state index contributed by atoms with van der Waals surface area (Å²) in [4.78, 5) is 13.9. The molecule has 0 bridgehead atoms. The molecular formula is C20H23NO2. The van der Waals surface area contributed by atoms with Gasteiger partial charge in [-0.25, -0.2) is 0 Å². The van der Waals surface area contributed by atoms with Crippen molar-refractivity contribution in [3.63, 3.8) is 0 Å². The Bertz CT molecular complexity index is 592. The highest BCUT2D eigenvalue weighted by molar-refractivity contribution is 5.66. The van der Waals surface area contributed by atoms with Crippen LogP contribution in [0.1, 0.15) is 43.0 Å². The van der Waals surface area contributed by atoms with Gasteiger partial charge in [-0.1, -0.05) is 60.7 Å². The van der Waals surface area contributed by atoms with Crippen LogP contribution in [0.15, 0.2) is 60.7 Å². The van der Waals surface area contributed by atoms with Crippen LogP contribution < -0.4 is 0 Å². The molecule has 3 heteroatoms. The molecule has 3 nitrogen and oxygen atoms in total. The Balaban J connectivity index is 1.91. The summed E-state index contributed by atoms with van der Waals surface area (Å²) < 4.78 is 5.58. The van der Waals surface area contributed by atoms with Crippen LogP contribution in [-0.2, 0) is 9.53 Å². The zero-order valence-corrected chi connectivity index (χ0v) is 13.7. The van der Waals surface area contributed by atoms with Crippen LogP contribution in [0, 0.1) is 0 Å². The van der Waals surface area contributed by atoms with Crippen molar-refractivity contribution in [3.05, 3.63) is 71.8 Å². The topological polar surface area (TPSA) is 29.5 Å². The van der Waals surface area contributed by atoms with E-state index in [4.69, 9.17) is 4.74 Å². The molecule has 0 N–H and O–H groups in total. The first kappa shape index (κ1) is 15.8. The van der Waals surface area contributed by atoms with E-state index in [-0.39, 0.29) is 24.2 Å². The zero-order chi connectivity index (χ0) is 16.2. The van der Waals surface area contributed by atoms with Gasteiger partial charge in [0.25, 0.3) is 0 Å². The summed E-state index contributed by atoms with van der Waals surface area (Å²) in [5, 5.41) is 0. The van der Waals surface area contributed by atoms with E-state index in [2.05, 4.69) is 60.5 Å². The second kappa shape index (κ2) is 6.97. The number of piperidine rings is 1. The maximum absolute atomic E-state index is 11.4. The van der Waals surface area contributed by atoms with Crippen molar-refractivity contribution in [2.24, 2.45) is 0 Å². The molecule has 1 heterocycles. The number of carbonyl (C=O) groups excluding carboxylic acids is 1. The van der Waals surface area contributed by atoms with Gasteiger partial charge in [0.1, 0.15) is 6.10 Å². The fourth-order valence-corrected chi connectivity index (χ4v) is 3.57. The van der Waals surface area contributed by atoms with Crippen LogP contribution in [0.2, 0.25) is 0 Å². The predicted molar refractivity (Wildman–Crippen MR) is 90.9 cm³/mol. The smallest absolute Gasteiger partial charge is 0.302 e. The molecule has 0 unspecified atom stereocenters. The van der Waals surface area contributed by atoms with E-state index in [9.17, 15) is 4.79 Å². The summed E-state index contributed by atoms with van der Waals surface area (Å²) in [6.07, 6.45) is 1.63. The van der Waals surface area contributed by atoms with Crippen molar-refractivity contribution in [2.75, 3.05) is 7.05 Å². The number of carbonyl (C=O) groups is 1. The lowest BCUT2D eigenvalue weighted by Gasteiger charge is -2.43. The third kappa shape index (κ3) is 3.62. The first-order valence-electron chi connectivity index (χ1n) is 8.14. The van der Waals surface area contributed by atoms with E-state index in [0.29, 0.717) is 0 Å². The zero-order valence-electron chi connectivity index (χ0n) is 13.7. The maximum atomic E-state index is 11.4. The average Bonchev–Trinajstić information content (AvgIpc) is 2.57. The monoisotopic (exact) mass is 309 g/mol. The van der Waals surface area contributed by atoms with Crippen molar-refractivity contribution in [1.82, 2.24) is 4.90 Å². The number of nitrogens with zero attached hydrogens (tertiary/aromatic N) is 1. The van der Waals surface area contributed by atoms with Gasteiger partial charge in [0.05, 0.1) is 0 Å². The summed E-state index contributed by atoms with van der Waals surface area (Å²) in [7, 11) is 2.17. The third-order valence-electron chi connectivity index (χ3n) is 4.66. The van der Waals surface area contributed by atoms with Crippen molar-refractivity contribution in [3.8, 4) is 0 Å². The van der Waals surface area contributed by atoms with E-state index in [1.54, 1.807) is 0 Å². The lowest BCUT2D eigenvalue weighted by atomic mass is 9.86. The molecule has 1 aliphatic rings. The molecule has 1 aliphatic heterocycles. The highest BCUT2D eigenvalue weighted by Crippen LogP contribution is 2.41. The lowest BCUT2D eigenvalue weighted by molar-refractivity contribution is -0.151. The number of benzene rings is 2. The minimum Gasteiger partial charge on any atom is -0.462 e. The Labute approximate surface area is 137 Å². The van der Waals surface area contributed by atoms with E-state index in [1.165, 1.54) is 18.1 Å². The Hall–Kier alpha value is -2.13. The molecule has 0 saturated carbocycles. The Morgan fingerprint density at radius 1 is 0.913 bits per heavy atom. The SMILES string of the molecule is CC(=O)OC1C[C@H](c2ccccc2)N(C)[C@@H](c2ccccc2)C1. The molecule has 2 aromatic carbocycles. The van der Waals surface area contributed by atoms with Crippen LogP contribution in [0.5, 0.6) is 0 Å². The molecule has 0 amide bonds. The highest BCUT2D eigenvalue weighted by Gasteiger charge is 2.36. The van der Waals surface area contributed by atoms with Crippen LogP contribution in [-0.4, -0.2) is 24.0 Å². The number of ether oxygens (including phenoxy) is 1.